The highest BCUT2D eigenvalue weighted by atomic mass is 35.5. The average Bonchev–Trinajstić information content (AvgIpc) is 3.40. The van der Waals surface area contributed by atoms with Gasteiger partial charge in [0.05, 0.1) is 42.3 Å². The first-order valence-corrected chi connectivity index (χ1v) is 11.8. The number of likely N-dealkylation sites (tertiary alicyclic amines) is 1. The van der Waals surface area contributed by atoms with Crippen LogP contribution in [0.15, 0.2) is 35.6 Å². The number of aryl methyl sites for hydroxylation is 1. The molecule has 0 radical (unpaired) electrons. The van der Waals surface area contributed by atoms with Crippen LogP contribution in [0.2, 0.25) is 5.02 Å². The molecule has 0 spiro atoms. The second kappa shape index (κ2) is 9.43. The summed E-state index contributed by atoms with van der Waals surface area (Å²) in [5.74, 6) is -1.62. The summed E-state index contributed by atoms with van der Waals surface area (Å²) in [6.07, 6.45) is 2.55. The van der Waals surface area contributed by atoms with Gasteiger partial charge in [-0.1, -0.05) is 11.6 Å². The van der Waals surface area contributed by atoms with Gasteiger partial charge in [-0.2, -0.15) is 10.2 Å². The van der Waals surface area contributed by atoms with Crippen LogP contribution in [-0.2, 0) is 0 Å². The zero-order chi connectivity index (χ0) is 26.4. The van der Waals surface area contributed by atoms with Gasteiger partial charge in [-0.05, 0) is 37.6 Å². The molecule has 5 rings (SSSR count). The maximum absolute atomic E-state index is 14.5. The van der Waals surface area contributed by atoms with Crippen LogP contribution >= 0.6 is 11.6 Å². The van der Waals surface area contributed by atoms with Crippen molar-refractivity contribution in [2.45, 2.75) is 32.4 Å². The molecule has 2 N–H and O–H groups in total. The highest BCUT2D eigenvalue weighted by Gasteiger charge is 2.39. The lowest BCUT2D eigenvalue weighted by Gasteiger charge is -2.41. The smallest absolute Gasteiger partial charge is 0.341 e. The van der Waals surface area contributed by atoms with E-state index in [1.165, 1.54) is 32.8 Å². The van der Waals surface area contributed by atoms with Gasteiger partial charge in [-0.15, -0.1) is 0 Å². The number of nitrogens with two attached hydrogens (primary N) is 1. The molecule has 1 atom stereocenters. The Morgan fingerprint density at radius 1 is 1.16 bits per heavy atom. The highest BCUT2D eigenvalue weighted by Crippen LogP contribution is 2.33. The third-order valence-corrected chi connectivity index (χ3v) is 6.49. The predicted octanol–water partition coefficient (Wildman–Crippen LogP) is 3.53. The molecule has 0 aliphatic carbocycles. The van der Waals surface area contributed by atoms with E-state index in [1.54, 1.807) is 26.1 Å². The molecule has 1 aromatic carbocycles. The quantitative estimate of drug-likeness (QED) is 0.542. The number of halogens is 3. The van der Waals surface area contributed by atoms with Gasteiger partial charge in [-0.3, -0.25) is 4.79 Å². The molecule has 1 saturated heterocycles. The molecule has 13 heteroatoms. The molecule has 0 saturated carbocycles. The van der Waals surface area contributed by atoms with Crippen molar-refractivity contribution >= 4 is 29.8 Å². The minimum Gasteiger partial charge on any atom is -0.483 e. The van der Waals surface area contributed by atoms with Crippen LogP contribution in [0.5, 0.6) is 5.75 Å². The van der Waals surface area contributed by atoms with Crippen molar-refractivity contribution < 1.29 is 23.1 Å². The van der Waals surface area contributed by atoms with E-state index in [0.29, 0.717) is 23.4 Å². The van der Waals surface area contributed by atoms with Crippen LogP contribution in [0.3, 0.4) is 0 Å². The molecule has 10 nitrogen and oxygen atoms in total. The molecule has 2 aromatic heterocycles. The topological polar surface area (TPSA) is 119 Å². The van der Waals surface area contributed by atoms with E-state index in [9.17, 15) is 18.4 Å². The van der Waals surface area contributed by atoms with E-state index >= 15 is 0 Å². The molecule has 37 heavy (non-hydrogen) atoms. The van der Waals surface area contributed by atoms with Crippen molar-refractivity contribution in [2.24, 2.45) is 10.8 Å². The Labute approximate surface area is 215 Å². The van der Waals surface area contributed by atoms with Gasteiger partial charge in [0, 0.05) is 23.7 Å². The zero-order valence-electron chi connectivity index (χ0n) is 19.9. The summed E-state index contributed by atoms with van der Waals surface area (Å²) in [5.41, 5.74) is 7.13. The fourth-order valence-electron chi connectivity index (χ4n) is 4.47. The van der Waals surface area contributed by atoms with E-state index in [1.807, 2.05) is 0 Å². The largest absolute Gasteiger partial charge is 0.483 e. The molecule has 0 bridgehead atoms. The number of aromatic nitrogens is 3. The first kappa shape index (κ1) is 24.6. The third-order valence-electron chi connectivity index (χ3n) is 6.27. The number of rotatable bonds is 5. The van der Waals surface area contributed by atoms with E-state index in [2.05, 4.69) is 15.2 Å². The summed E-state index contributed by atoms with van der Waals surface area (Å²) in [4.78, 5) is 30.3. The van der Waals surface area contributed by atoms with E-state index in [-0.39, 0.29) is 41.3 Å². The number of nitrogens with zero attached hydrogens (tertiary/aromatic N) is 6. The summed E-state index contributed by atoms with van der Waals surface area (Å²) in [6, 6.07) is 4.64. The first-order valence-electron chi connectivity index (χ1n) is 11.4. The van der Waals surface area contributed by atoms with Crippen molar-refractivity contribution in [1.82, 2.24) is 24.7 Å². The second-order valence-electron chi connectivity index (χ2n) is 8.82. The second-order valence-corrected chi connectivity index (χ2v) is 9.26. The van der Waals surface area contributed by atoms with E-state index in [0.717, 1.165) is 6.20 Å². The van der Waals surface area contributed by atoms with Crippen LogP contribution in [0.1, 0.15) is 39.8 Å². The van der Waals surface area contributed by atoms with Crippen molar-refractivity contribution in [1.29, 1.82) is 0 Å². The fraction of sp³-hybridized carbons (Fsp3) is 0.292. The molecule has 1 fully saturated rings. The Morgan fingerprint density at radius 3 is 2.59 bits per heavy atom. The molecule has 4 heterocycles. The van der Waals surface area contributed by atoms with Crippen molar-refractivity contribution in [3.8, 4) is 11.6 Å². The maximum atomic E-state index is 14.5. The maximum Gasteiger partial charge on any atom is 0.341 e. The Morgan fingerprint density at radius 2 is 1.92 bits per heavy atom. The van der Waals surface area contributed by atoms with Gasteiger partial charge in [-0.25, -0.2) is 28.3 Å². The van der Waals surface area contributed by atoms with Gasteiger partial charge in [0.1, 0.15) is 11.9 Å². The molecule has 192 valence electrons. The number of primary amides is 1. The lowest BCUT2D eigenvalue weighted by molar-refractivity contribution is 0.0256. The molecule has 0 unspecified atom stereocenters. The Hall–Kier alpha value is -4.06. The lowest BCUT2D eigenvalue weighted by atomic mass is 10.0. The highest BCUT2D eigenvalue weighted by molar-refractivity contribution is 6.30. The summed E-state index contributed by atoms with van der Waals surface area (Å²) < 4.78 is 35.5. The summed E-state index contributed by atoms with van der Waals surface area (Å²) >= 11 is 5.98. The molecular weight excluding hydrogens is 508 g/mol. The number of amides is 3. The summed E-state index contributed by atoms with van der Waals surface area (Å²) in [6.45, 7) is 3.70. The van der Waals surface area contributed by atoms with Gasteiger partial charge < -0.3 is 15.4 Å². The Bertz CT molecular complexity index is 1420. The third kappa shape index (κ3) is 4.59. The number of hydrogen-bond donors (Lipinski definition) is 1. The lowest BCUT2D eigenvalue weighted by Crippen LogP contribution is -2.58. The van der Waals surface area contributed by atoms with E-state index < -0.39 is 29.7 Å². The van der Waals surface area contributed by atoms with Crippen LogP contribution in [0.4, 0.5) is 13.6 Å². The number of urea groups is 1. The standard InChI is InChI=1S/C24H22ClF2N7O3/c1-12-22(23(28)35)13(2)33(31-12)21-8-20(18(27)9-29-21)37-17-10-32(11-17)24(36)34-19(3-4-30-34)14-5-15(25)7-16(26)6-14/h4-9,17,19H,3,10-11H2,1-2H3,(H2,28,35)/t19-/m1/s1. The van der Waals surface area contributed by atoms with Crippen LogP contribution < -0.4 is 10.5 Å². The van der Waals surface area contributed by atoms with Gasteiger partial charge in [0.2, 0.25) is 0 Å². The summed E-state index contributed by atoms with van der Waals surface area (Å²) in [5, 5.41) is 9.95. The summed E-state index contributed by atoms with van der Waals surface area (Å²) in [7, 11) is 0. The van der Waals surface area contributed by atoms with E-state index in [4.69, 9.17) is 22.1 Å². The number of benzene rings is 1. The fourth-order valence-corrected chi connectivity index (χ4v) is 4.70. The molecular formula is C24H22ClF2N7O3. The monoisotopic (exact) mass is 529 g/mol. The number of hydrogen-bond acceptors (Lipinski definition) is 6. The molecule has 2 aliphatic rings. The van der Waals surface area contributed by atoms with Crippen molar-refractivity contribution in [3.05, 3.63) is 69.6 Å². The average molecular weight is 530 g/mol. The SMILES string of the molecule is Cc1nn(-c2cc(OC3CN(C(=O)N4N=CC[C@@H]4c4cc(F)cc(Cl)c4)C3)c(F)cn2)c(C)c1C(N)=O. The number of pyridine rings is 1. The molecule has 2 aliphatic heterocycles. The number of ether oxygens (including phenoxy) is 1. The Balaban J connectivity index is 1.26. The van der Waals surface area contributed by atoms with Crippen LogP contribution in [0.25, 0.3) is 5.82 Å². The Kier molecular flexibility index (Phi) is 6.28. The first-order chi connectivity index (χ1) is 17.6. The normalized spacial score (nSPS) is 17.3. The zero-order valence-corrected chi connectivity index (χ0v) is 20.6. The molecule has 3 aromatic rings. The van der Waals surface area contributed by atoms with Gasteiger partial charge in [0.25, 0.3) is 5.91 Å². The number of carbonyl (C=O) groups is 2. The number of hydrazone groups is 1. The van der Waals surface area contributed by atoms with Crippen molar-refractivity contribution in [3.63, 3.8) is 0 Å². The van der Waals surface area contributed by atoms with Crippen LogP contribution in [-0.4, -0.2) is 62.0 Å². The minimum absolute atomic E-state index is 0.0678. The van der Waals surface area contributed by atoms with Crippen LogP contribution in [0, 0.1) is 25.5 Å². The van der Waals surface area contributed by atoms with Gasteiger partial charge in [0.15, 0.2) is 17.4 Å². The minimum atomic E-state index is -0.683. The molecule has 3 amide bonds. The number of carbonyl (C=O) groups excluding carboxylic acids is 2. The van der Waals surface area contributed by atoms with Crippen molar-refractivity contribution in [2.75, 3.05) is 13.1 Å². The predicted molar refractivity (Wildman–Crippen MR) is 130 cm³/mol. The van der Waals surface area contributed by atoms with Gasteiger partial charge >= 0.3 is 6.03 Å².